The van der Waals surface area contributed by atoms with Gasteiger partial charge in [-0.1, -0.05) is 211 Å². The van der Waals surface area contributed by atoms with Crippen LogP contribution in [0.2, 0.25) is 0 Å². The zero-order valence-electron chi connectivity index (χ0n) is 39.1. The molecule has 0 spiro atoms. The average molecular weight is 874 g/mol. The minimum absolute atomic E-state index is 0.343. The van der Waals surface area contributed by atoms with E-state index in [0.717, 1.165) is 5.69 Å². The summed E-state index contributed by atoms with van der Waals surface area (Å²) in [5.41, 5.74) is 22.6. The van der Waals surface area contributed by atoms with Crippen LogP contribution < -0.4 is 0 Å². The highest BCUT2D eigenvalue weighted by Crippen LogP contribution is 2.61. The second kappa shape index (κ2) is 14.8. The molecule has 2 heterocycles. The smallest absolute Gasteiger partial charge is 0.260 e. The lowest BCUT2D eigenvalue weighted by atomic mass is 9.64. The van der Waals surface area contributed by atoms with E-state index in [1.807, 2.05) is 6.20 Å². The molecule has 3 nitrogen and oxygen atoms in total. The molecule has 0 radical (unpaired) electrons. The van der Waals surface area contributed by atoms with Crippen LogP contribution in [0.15, 0.2) is 224 Å². The maximum absolute atomic E-state index is 5.36. The molecule has 0 bridgehead atoms. The van der Waals surface area contributed by atoms with E-state index in [2.05, 4.69) is 256 Å². The Bertz CT molecular complexity index is 3570. The molecule has 0 saturated heterocycles. The van der Waals surface area contributed by atoms with Crippen molar-refractivity contribution < 1.29 is 9.15 Å². The first-order chi connectivity index (χ1) is 33.3. The van der Waals surface area contributed by atoms with Gasteiger partial charge in [0.1, 0.15) is 0 Å². The number of fused-ring (bicyclic) bond motifs is 9. The Balaban J connectivity index is 1.14. The molecule has 324 valence electrons. The molecule has 0 amide bonds. The molecule has 0 unspecified atom stereocenters. The van der Waals surface area contributed by atoms with Gasteiger partial charge in [-0.25, -0.2) is 0 Å². The number of aromatic nitrogens is 1. The molecule has 0 fully saturated rings. The topological polar surface area (TPSA) is 18.9 Å². The molecule has 3 aliphatic carbocycles. The van der Waals surface area contributed by atoms with Gasteiger partial charge in [0.15, 0.2) is 7.05 Å². The zero-order chi connectivity index (χ0) is 45.9. The van der Waals surface area contributed by atoms with E-state index < -0.39 is 16.4 Å². The first-order valence-corrected chi connectivity index (χ1v) is 24.0. The van der Waals surface area contributed by atoms with Gasteiger partial charge in [-0.15, -0.1) is 0 Å². The number of benzene rings is 8. The summed E-state index contributed by atoms with van der Waals surface area (Å²) in [5.74, 6) is 0.343. The highest BCUT2D eigenvalue weighted by Gasteiger charge is 2.59. The quantitative estimate of drug-likeness (QED) is 0.146. The zero-order valence-corrected chi connectivity index (χ0v) is 39.1. The van der Waals surface area contributed by atoms with E-state index in [4.69, 9.17) is 4.98 Å². The van der Waals surface area contributed by atoms with Crippen LogP contribution in [0.25, 0.3) is 33.4 Å². The van der Waals surface area contributed by atoms with Crippen molar-refractivity contribution in [2.75, 3.05) is 7.05 Å². The van der Waals surface area contributed by atoms with E-state index in [-0.39, 0.29) is 0 Å². The lowest BCUT2D eigenvalue weighted by Crippen LogP contribution is -2.39. The summed E-state index contributed by atoms with van der Waals surface area (Å²) in [6.07, 6.45) is 2.02. The van der Waals surface area contributed by atoms with Crippen molar-refractivity contribution in [2.45, 2.75) is 50.0 Å². The average Bonchev–Trinajstić information content (AvgIpc) is 4.06. The molecule has 1 aliphatic heterocycles. The van der Waals surface area contributed by atoms with Crippen LogP contribution in [-0.2, 0) is 16.4 Å². The fourth-order valence-corrected chi connectivity index (χ4v) is 12.9. The molecular formula is C65H51N3+2. The number of hydrogen-bond donors (Lipinski definition) is 0. The van der Waals surface area contributed by atoms with E-state index >= 15 is 0 Å². The van der Waals surface area contributed by atoms with Crippen molar-refractivity contribution in [2.24, 2.45) is 0 Å². The molecule has 13 rings (SSSR count). The monoisotopic (exact) mass is 873 g/mol. The van der Waals surface area contributed by atoms with E-state index in [9.17, 15) is 0 Å². The summed E-state index contributed by atoms with van der Waals surface area (Å²) in [6.45, 7) is 9.01. The van der Waals surface area contributed by atoms with Crippen molar-refractivity contribution >= 4 is 6.01 Å². The van der Waals surface area contributed by atoms with Crippen LogP contribution in [0.5, 0.6) is 0 Å². The number of hydrogen-bond acceptors (Lipinski definition) is 1. The fourth-order valence-electron chi connectivity index (χ4n) is 12.9. The third kappa shape index (κ3) is 5.12. The van der Waals surface area contributed by atoms with Crippen LogP contribution in [0.3, 0.4) is 0 Å². The Labute approximate surface area is 399 Å². The summed E-state index contributed by atoms with van der Waals surface area (Å²) in [5, 5.41) is 0. The SMILES string of the molecule is CC1=C(C)[N+](C2(c3cccc(C4(c5cccc(C6(c7cc(C(C)C)ccn7)c7ccccc7-c7ccccc76)c5)c5ccccc5-c5ccccc54)c3)c3ccccc3-c3ccccc32)=C=[N+]1C. The lowest BCUT2D eigenvalue weighted by Gasteiger charge is -2.37. The Hall–Kier alpha value is -7.97. The summed E-state index contributed by atoms with van der Waals surface area (Å²) in [6, 6.07) is 81.9. The molecule has 68 heavy (non-hydrogen) atoms. The second-order valence-corrected chi connectivity index (χ2v) is 19.4. The van der Waals surface area contributed by atoms with Gasteiger partial charge in [0, 0.05) is 36.7 Å². The summed E-state index contributed by atoms with van der Waals surface area (Å²) in [7, 11) is 2.12. The molecule has 9 aromatic rings. The maximum atomic E-state index is 5.36. The van der Waals surface area contributed by atoms with E-state index in [1.165, 1.54) is 106 Å². The van der Waals surface area contributed by atoms with Crippen LogP contribution in [0.4, 0.5) is 0 Å². The Morgan fingerprint density at radius 2 is 0.794 bits per heavy atom. The minimum Gasteiger partial charge on any atom is -0.260 e. The van der Waals surface area contributed by atoms with Crippen LogP contribution in [0, 0.1) is 0 Å². The van der Waals surface area contributed by atoms with E-state index in [1.54, 1.807) is 0 Å². The van der Waals surface area contributed by atoms with Gasteiger partial charge in [-0.3, -0.25) is 4.98 Å². The number of allylic oxidation sites excluding steroid dienone is 2. The molecule has 1 aromatic heterocycles. The first-order valence-electron chi connectivity index (χ1n) is 24.0. The second-order valence-electron chi connectivity index (χ2n) is 19.4. The molecule has 0 atom stereocenters. The van der Waals surface area contributed by atoms with Gasteiger partial charge in [0.2, 0.25) is 0 Å². The van der Waals surface area contributed by atoms with Crippen molar-refractivity contribution in [3.8, 4) is 33.4 Å². The third-order valence-corrected chi connectivity index (χ3v) is 16.1. The number of pyridine rings is 1. The normalized spacial score (nSPS) is 16.1. The van der Waals surface area contributed by atoms with Gasteiger partial charge in [0.05, 0.1) is 16.5 Å². The maximum Gasteiger partial charge on any atom is 0.490 e. The van der Waals surface area contributed by atoms with E-state index in [0.29, 0.717) is 5.92 Å². The molecular weight excluding hydrogens is 823 g/mol. The number of rotatable bonds is 7. The summed E-state index contributed by atoms with van der Waals surface area (Å²) < 4.78 is 4.58. The highest BCUT2D eigenvalue weighted by molar-refractivity contribution is 5.89. The molecule has 4 aliphatic rings. The van der Waals surface area contributed by atoms with Crippen LogP contribution >= 0.6 is 0 Å². The fraction of sp³-hybridized carbons (Fsp3) is 0.138. The lowest BCUT2D eigenvalue weighted by molar-refractivity contribution is -0.548. The standard InChI is InChI=1S/C65H51N3/c1-42(2)45-36-37-66-62(38-45)64(58-32-14-8-26-52(58)53-27-9-15-33-59(53)64)48-22-18-20-46(39-48)63(56-30-12-6-24-50(56)51-25-7-13-31-57(51)63)47-21-19-23-49(40-47)65(68-41-67(5)43(3)44(68)4)60-34-16-10-28-54(60)55-29-11-17-35-61(55)65/h6-40,42H,1-5H3/q+2. The summed E-state index contributed by atoms with van der Waals surface area (Å²) >= 11 is 0. The van der Waals surface area contributed by atoms with Crippen molar-refractivity contribution in [3.05, 3.63) is 291 Å². The van der Waals surface area contributed by atoms with Gasteiger partial charge in [-0.05, 0) is 102 Å². The van der Waals surface area contributed by atoms with Gasteiger partial charge >= 0.3 is 6.01 Å². The molecule has 8 aromatic carbocycles. The molecule has 0 saturated carbocycles. The number of nitrogens with zero attached hydrogens (tertiary/aromatic N) is 3. The Morgan fingerprint density at radius 1 is 0.412 bits per heavy atom. The Morgan fingerprint density at radius 3 is 1.24 bits per heavy atom. The van der Waals surface area contributed by atoms with Crippen molar-refractivity contribution in [1.82, 2.24) is 4.98 Å². The van der Waals surface area contributed by atoms with Crippen molar-refractivity contribution in [1.29, 1.82) is 0 Å². The first kappa shape index (κ1) is 40.3. The largest absolute Gasteiger partial charge is 0.490 e. The van der Waals surface area contributed by atoms with Gasteiger partial charge in [0.25, 0.3) is 16.9 Å². The molecule has 3 heteroatoms. The summed E-state index contributed by atoms with van der Waals surface area (Å²) in [4.78, 5) is 5.36. The minimum atomic E-state index is -0.700. The Kier molecular flexibility index (Phi) is 8.75. The van der Waals surface area contributed by atoms with Crippen LogP contribution in [0.1, 0.15) is 101 Å². The van der Waals surface area contributed by atoms with Gasteiger partial charge < -0.3 is 0 Å². The van der Waals surface area contributed by atoms with Crippen molar-refractivity contribution in [3.63, 3.8) is 0 Å². The molecule has 0 N–H and O–H groups in total. The third-order valence-electron chi connectivity index (χ3n) is 16.1. The predicted molar refractivity (Wildman–Crippen MR) is 275 cm³/mol. The highest BCUT2D eigenvalue weighted by atomic mass is 15.2. The van der Waals surface area contributed by atoms with Gasteiger partial charge in [-0.2, -0.15) is 0 Å². The predicted octanol–water partition coefficient (Wildman–Crippen LogP) is 14.3. The van der Waals surface area contributed by atoms with Crippen LogP contribution in [-0.4, -0.2) is 27.2 Å².